The third-order valence-electron chi connectivity index (χ3n) is 3.05. The van der Waals surface area contributed by atoms with Crippen molar-refractivity contribution in [3.63, 3.8) is 0 Å². The zero-order valence-corrected chi connectivity index (χ0v) is 8.12. The van der Waals surface area contributed by atoms with Crippen LogP contribution in [0.15, 0.2) is 18.5 Å². The van der Waals surface area contributed by atoms with Crippen LogP contribution in [0.1, 0.15) is 30.9 Å². The lowest BCUT2D eigenvalue weighted by atomic mass is 10.0. The summed E-state index contributed by atoms with van der Waals surface area (Å²) in [6, 6.07) is 1.94. The van der Waals surface area contributed by atoms with Crippen LogP contribution >= 0.6 is 0 Å². The Bertz CT molecular complexity index is 324. The second kappa shape index (κ2) is 2.81. The van der Waals surface area contributed by atoms with Crippen molar-refractivity contribution >= 4 is 0 Å². The topological polar surface area (TPSA) is 33.1 Å². The van der Waals surface area contributed by atoms with E-state index in [9.17, 15) is 5.11 Å². The molecule has 1 aliphatic carbocycles. The van der Waals surface area contributed by atoms with Gasteiger partial charge >= 0.3 is 0 Å². The molecule has 2 unspecified atom stereocenters. The standard InChI is InChI=1S/C11H15NO/c1-3-9-6-11(9,13)10-4-5-12-7-8(10)2/h4-5,7,9,13H,3,6H2,1-2H3. The van der Waals surface area contributed by atoms with Gasteiger partial charge in [-0.2, -0.15) is 0 Å². The van der Waals surface area contributed by atoms with E-state index in [1.165, 1.54) is 0 Å². The van der Waals surface area contributed by atoms with Crippen molar-refractivity contribution < 1.29 is 5.11 Å². The van der Waals surface area contributed by atoms with E-state index < -0.39 is 5.60 Å². The van der Waals surface area contributed by atoms with Crippen LogP contribution in [-0.2, 0) is 5.60 Å². The predicted molar refractivity (Wildman–Crippen MR) is 51.3 cm³/mol. The van der Waals surface area contributed by atoms with Crippen LogP contribution in [0, 0.1) is 12.8 Å². The molecule has 0 bridgehead atoms. The zero-order chi connectivity index (χ0) is 9.47. The first kappa shape index (κ1) is 8.70. The highest BCUT2D eigenvalue weighted by atomic mass is 16.3. The molecule has 1 saturated carbocycles. The van der Waals surface area contributed by atoms with Gasteiger partial charge in [-0.15, -0.1) is 0 Å². The number of aliphatic hydroxyl groups is 1. The summed E-state index contributed by atoms with van der Waals surface area (Å²) in [5, 5.41) is 10.2. The van der Waals surface area contributed by atoms with Crippen molar-refractivity contribution in [3.8, 4) is 0 Å². The molecule has 0 saturated heterocycles. The lowest BCUT2D eigenvalue weighted by molar-refractivity contribution is 0.129. The Morgan fingerprint density at radius 2 is 2.46 bits per heavy atom. The van der Waals surface area contributed by atoms with Gasteiger partial charge < -0.3 is 5.11 Å². The third kappa shape index (κ3) is 1.25. The molecule has 2 nitrogen and oxygen atoms in total. The Hall–Kier alpha value is -0.890. The van der Waals surface area contributed by atoms with Crippen molar-refractivity contribution in [2.45, 2.75) is 32.3 Å². The Morgan fingerprint density at radius 1 is 1.69 bits per heavy atom. The van der Waals surface area contributed by atoms with Gasteiger partial charge in [-0.05, 0) is 36.5 Å². The Kier molecular flexibility index (Phi) is 1.88. The predicted octanol–water partition coefficient (Wildman–Crippen LogP) is 2.01. The average molecular weight is 177 g/mol. The molecule has 2 heteroatoms. The number of hydrogen-bond donors (Lipinski definition) is 1. The zero-order valence-electron chi connectivity index (χ0n) is 8.12. The van der Waals surface area contributed by atoms with Gasteiger partial charge in [0, 0.05) is 12.4 Å². The van der Waals surface area contributed by atoms with Crippen LogP contribution < -0.4 is 0 Å². The highest BCUT2D eigenvalue weighted by Crippen LogP contribution is 2.54. The lowest BCUT2D eigenvalue weighted by Gasteiger charge is -2.12. The van der Waals surface area contributed by atoms with Gasteiger partial charge in [0.25, 0.3) is 0 Å². The first-order chi connectivity index (χ1) is 6.18. The van der Waals surface area contributed by atoms with Crippen LogP contribution in [0.2, 0.25) is 0 Å². The first-order valence-corrected chi connectivity index (χ1v) is 4.82. The summed E-state index contributed by atoms with van der Waals surface area (Å²) in [4.78, 5) is 4.03. The van der Waals surface area contributed by atoms with Crippen molar-refractivity contribution in [1.82, 2.24) is 4.98 Å². The molecule has 1 aromatic rings. The molecule has 2 atom stereocenters. The minimum atomic E-state index is -0.540. The van der Waals surface area contributed by atoms with E-state index in [1.54, 1.807) is 6.20 Å². The molecule has 0 spiro atoms. The maximum absolute atomic E-state index is 10.2. The summed E-state index contributed by atoms with van der Waals surface area (Å²) in [6.07, 6.45) is 5.54. The molecule has 13 heavy (non-hydrogen) atoms. The van der Waals surface area contributed by atoms with Gasteiger partial charge in [-0.1, -0.05) is 13.3 Å². The van der Waals surface area contributed by atoms with Crippen molar-refractivity contribution in [2.75, 3.05) is 0 Å². The number of hydrogen-bond acceptors (Lipinski definition) is 2. The first-order valence-electron chi connectivity index (χ1n) is 4.82. The molecular weight excluding hydrogens is 162 g/mol. The molecule has 2 rings (SSSR count). The van der Waals surface area contributed by atoms with Gasteiger partial charge in [0.2, 0.25) is 0 Å². The van der Waals surface area contributed by atoms with Gasteiger partial charge in [0.05, 0.1) is 5.60 Å². The Balaban J connectivity index is 2.32. The molecule has 0 aromatic carbocycles. The number of rotatable bonds is 2. The fourth-order valence-corrected chi connectivity index (χ4v) is 2.09. The molecule has 1 fully saturated rings. The normalized spacial score (nSPS) is 31.8. The molecule has 1 aliphatic rings. The summed E-state index contributed by atoms with van der Waals surface area (Å²) in [5.41, 5.74) is 1.62. The molecule has 1 N–H and O–H groups in total. The van der Waals surface area contributed by atoms with Crippen molar-refractivity contribution in [3.05, 3.63) is 29.6 Å². The number of aryl methyl sites for hydroxylation is 1. The van der Waals surface area contributed by atoms with E-state index in [1.807, 2.05) is 19.2 Å². The lowest BCUT2D eigenvalue weighted by Crippen LogP contribution is -2.10. The van der Waals surface area contributed by atoms with Crippen LogP contribution in [0.3, 0.4) is 0 Å². The SMILES string of the molecule is CCC1CC1(O)c1ccncc1C. The smallest absolute Gasteiger partial charge is 0.0933 e. The summed E-state index contributed by atoms with van der Waals surface area (Å²) in [7, 11) is 0. The van der Waals surface area contributed by atoms with Crippen LogP contribution in [0.25, 0.3) is 0 Å². The van der Waals surface area contributed by atoms with E-state index in [4.69, 9.17) is 0 Å². The minimum absolute atomic E-state index is 0.452. The fraction of sp³-hybridized carbons (Fsp3) is 0.545. The number of pyridine rings is 1. The quantitative estimate of drug-likeness (QED) is 0.749. The van der Waals surface area contributed by atoms with Gasteiger partial charge in [-0.25, -0.2) is 0 Å². The monoisotopic (exact) mass is 177 g/mol. The number of aromatic nitrogens is 1. The van der Waals surface area contributed by atoms with Gasteiger partial charge in [0.15, 0.2) is 0 Å². The highest BCUT2D eigenvalue weighted by molar-refractivity contribution is 5.34. The highest BCUT2D eigenvalue weighted by Gasteiger charge is 2.53. The van der Waals surface area contributed by atoms with E-state index in [0.717, 1.165) is 24.0 Å². The summed E-state index contributed by atoms with van der Waals surface area (Å²) in [6.45, 7) is 4.13. The maximum Gasteiger partial charge on any atom is 0.0933 e. The molecule has 1 aromatic heterocycles. The summed E-state index contributed by atoms with van der Waals surface area (Å²) in [5.74, 6) is 0.452. The van der Waals surface area contributed by atoms with Crippen molar-refractivity contribution in [1.29, 1.82) is 0 Å². The Labute approximate surface area is 78.6 Å². The van der Waals surface area contributed by atoms with Crippen LogP contribution in [-0.4, -0.2) is 10.1 Å². The average Bonchev–Trinajstić information content (AvgIpc) is 2.79. The molecule has 70 valence electrons. The van der Waals surface area contributed by atoms with Gasteiger partial charge in [-0.3, -0.25) is 4.98 Å². The molecule has 0 amide bonds. The minimum Gasteiger partial charge on any atom is -0.385 e. The molecule has 0 aliphatic heterocycles. The van der Waals surface area contributed by atoms with E-state index in [-0.39, 0.29) is 0 Å². The maximum atomic E-state index is 10.2. The Morgan fingerprint density at radius 3 is 3.00 bits per heavy atom. The summed E-state index contributed by atoms with van der Waals surface area (Å²) < 4.78 is 0. The van der Waals surface area contributed by atoms with Crippen LogP contribution in [0.5, 0.6) is 0 Å². The third-order valence-corrected chi connectivity index (χ3v) is 3.05. The van der Waals surface area contributed by atoms with Crippen LogP contribution in [0.4, 0.5) is 0 Å². The van der Waals surface area contributed by atoms with E-state index >= 15 is 0 Å². The van der Waals surface area contributed by atoms with Crippen molar-refractivity contribution in [2.24, 2.45) is 5.92 Å². The van der Waals surface area contributed by atoms with E-state index in [0.29, 0.717) is 5.92 Å². The molecular formula is C11H15NO. The van der Waals surface area contributed by atoms with E-state index in [2.05, 4.69) is 11.9 Å². The number of nitrogens with zero attached hydrogens (tertiary/aromatic N) is 1. The second-order valence-corrected chi connectivity index (χ2v) is 3.92. The summed E-state index contributed by atoms with van der Waals surface area (Å²) >= 11 is 0. The fourth-order valence-electron chi connectivity index (χ4n) is 2.09. The molecule has 1 heterocycles. The largest absolute Gasteiger partial charge is 0.385 e. The molecule has 0 radical (unpaired) electrons. The second-order valence-electron chi connectivity index (χ2n) is 3.92. The van der Waals surface area contributed by atoms with Gasteiger partial charge in [0.1, 0.15) is 0 Å².